The van der Waals surface area contributed by atoms with Crippen LogP contribution in [0.3, 0.4) is 0 Å². The number of carbonyl (C=O) groups is 1. The zero-order valence-corrected chi connectivity index (χ0v) is 8.58. The highest BCUT2D eigenvalue weighted by atomic mass is 32.1. The Hall–Kier alpha value is -2.43. The number of nitrogen functional groups attached to an aromatic ring is 2. The molecular formula is C5H8N8O2S. The fraction of sp³-hybridized carbons (Fsp3) is 0. The number of aromatic nitrogens is 6. The van der Waals surface area contributed by atoms with Crippen LogP contribution in [0, 0.1) is 4.77 Å². The molecule has 0 bridgehead atoms. The summed E-state index contributed by atoms with van der Waals surface area (Å²) in [4.78, 5) is 16.9. The Bertz CT molecular complexity index is 526. The quantitative estimate of drug-likeness (QED) is 0.351. The maximum atomic E-state index is 10.0. The highest BCUT2D eigenvalue weighted by Gasteiger charge is 2.05. The molecule has 2 rings (SSSR count). The molecule has 2 heterocycles. The van der Waals surface area contributed by atoms with E-state index in [9.17, 15) is 4.79 Å². The first-order valence-electron chi connectivity index (χ1n) is 3.80. The van der Waals surface area contributed by atoms with Gasteiger partial charge < -0.3 is 16.6 Å². The standard InChI is InChI=1S/C3H4N4O2.C2H4N4S/c4-3-5-1(2(8)9)6-7-3;3-1-4-2(7)6-5-1/h(H,8,9)(H3,4,5,6,7);(H4,3,4,5,6,7). The number of carboxylic acids is 1. The van der Waals surface area contributed by atoms with Crippen molar-refractivity contribution < 1.29 is 9.90 Å². The Kier molecular flexibility index (Phi) is 3.55. The molecule has 0 amide bonds. The Labute approximate surface area is 93.1 Å². The molecule has 0 aromatic carbocycles. The Morgan fingerprint density at radius 2 is 2.00 bits per heavy atom. The summed E-state index contributed by atoms with van der Waals surface area (Å²) < 4.78 is 0.387. The van der Waals surface area contributed by atoms with Crippen LogP contribution in [0.2, 0.25) is 0 Å². The van der Waals surface area contributed by atoms with Crippen molar-refractivity contribution in [1.29, 1.82) is 0 Å². The second-order valence-electron chi connectivity index (χ2n) is 2.40. The van der Waals surface area contributed by atoms with Crippen molar-refractivity contribution in [3.05, 3.63) is 10.6 Å². The van der Waals surface area contributed by atoms with Crippen LogP contribution in [0.25, 0.3) is 0 Å². The van der Waals surface area contributed by atoms with Gasteiger partial charge in [0.1, 0.15) is 0 Å². The van der Waals surface area contributed by atoms with E-state index in [1.807, 2.05) is 0 Å². The van der Waals surface area contributed by atoms with Crippen LogP contribution in [-0.2, 0) is 0 Å². The minimum Gasteiger partial charge on any atom is -0.475 e. The molecule has 0 atom stereocenters. The molecule has 0 fully saturated rings. The SMILES string of the molecule is Nc1n[nH]c(C(=O)O)n1.Nc1nc(=S)[nH][nH]1. The second kappa shape index (κ2) is 4.88. The number of aromatic amines is 3. The lowest BCUT2D eigenvalue weighted by Gasteiger charge is -1.77. The minimum absolute atomic E-state index is 0.0626. The fourth-order valence-electron chi connectivity index (χ4n) is 0.653. The van der Waals surface area contributed by atoms with E-state index in [4.69, 9.17) is 16.6 Å². The summed E-state index contributed by atoms with van der Waals surface area (Å²) in [6.45, 7) is 0. The van der Waals surface area contributed by atoms with Gasteiger partial charge in [-0.15, -0.1) is 5.10 Å². The third-order valence-electron chi connectivity index (χ3n) is 1.22. The van der Waals surface area contributed by atoms with Crippen molar-refractivity contribution in [1.82, 2.24) is 30.4 Å². The molecule has 0 unspecified atom stereocenters. The summed E-state index contributed by atoms with van der Waals surface area (Å²) in [7, 11) is 0. The molecule has 86 valence electrons. The van der Waals surface area contributed by atoms with E-state index in [-0.39, 0.29) is 11.8 Å². The van der Waals surface area contributed by atoms with Crippen LogP contribution in [-0.4, -0.2) is 41.4 Å². The summed E-state index contributed by atoms with van der Waals surface area (Å²) in [5.41, 5.74) is 10.1. The van der Waals surface area contributed by atoms with Gasteiger partial charge in [0.05, 0.1) is 0 Å². The number of hydrogen-bond donors (Lipinski definition) is 6. The van der Waals surface area contributed by atoms with Crippen LogP contribution < -0.4 is 11.5 Å². The smallest absolute Gasteiger partial charge is 0.373 e. The normalized spacial score (nSPS) is 9.25. The van der Waals surface area contributed by atoms with Gasteiger partial charge in [-0.25, -0.2) is 4.79 Å². The molecule has 8 N–H and O–H groups in total. The highest BCUT2D eigenvalue weighted by molar-refractivity contribution is 7.71. The third kappa shape index (κ3) is 3.38. The van der Waals surface area contributed by atoms with Gasteiger partial charge >= 0.3 is 5.97 Å². The largest absolute Gasteiger partial charge is 0.475 e. The maximum absolute atomic E-state index is 10.0. The molecule has 0 aliphatic heterocycles. The Balaban J connectivity index is 0.000000165. The number of aromatic carboxylic acids is 1. The molecule has 0 aliphatic carbocycles. The average molecular weight is 244 g/mol. The third-order valence-corrected chi connectivity index (χ3v) is 1.42. The van der Waals surface area contributed by atoms with E-state index < -0.39 is 5.97 Å². The molecule has 2 aromatic rings. The predicted octanol–water partition coefficient (Wildman–Crippen LogP) is -0.865. The van der Waals surface area contributed by atoms with Gasteiger partial charge in [-0.2, -0.15) is 9.97 Å². The molecule has 0 radical (unpaired) electrons. The predicted molar refractivity (Wildman–Crippen MR) is 55.9 cm³/mol. The molecule has 2 aromatic heterocycles. The molecule has 0 aliphatic rings. The lowest BCUT2D eigenvalue weighted by atomic mass is 10.6. The number of H-pyrrole nitrogens is 3. The fourth-order valence-corrected chi connectivity index (χ4v) is 0.803. The van der Waals surface area contributed by atoms with Crippen LogP contribution in [0.1, 0.15) is 10.6 Å². The van der Waals surface area contributed by atoms with Gasteiger partial charge in [-0.3, -0.25) is 15.3 Å². The lowest BCUT2D eigenvalue weighted by Crippen LogP contribution is -1.98. The van der Waals surface area contributed by atoms with Gasteiger partial charge in [0, 0.05) is 0 Å². The molecule has 11 heteroatoms. The number of nitrogens with zero attached hydrogens (tertiary/aromatic N) is 3. The summed E-state index contributed by atoms with van der Waals surface area (Å²) in [5, 5.41) is 18.7. The van der Waals surface area contributed by atoms with Crippen LogP contribution in [0.15, 0.2) is 0 Å². The van der Waals surface area contributed by atoms with E-state index in [1.165, 1.54) is 0 Å². The van der Waals surface area contributed by atoms with Crippen LogP contribution in [0.4, 0.5) is 11.9 Å². The molecule has 16 heavy (non-hydrogen) atoms. The van der Waals surface area contributed by atoms with Gasteiger partial charge in [-0.05, 0) is 12.2 Å². The first kappa shape index (κ1) is 11.6. The van der Waals surface area contributed by atoms with Crippen molar-refractivity contribution in [3.63, 3.8) is 0 Å². The Morgan fingerprint density at radius 3 is 2.19 bits per heavy atom. The lowest BCUT2D eigenvalue weighted by molar-refractivity contribution is 0.0684. The molecule has 10 nitrogen and oxygen atoms in total. The van der Waals surface area contributed by atoms with Crippen molar-refractivity contribution in [2.45, 2.75) is 0 Å². The number of rotatable bonds is 1. The maximum Gasteiger partial charge on any atom is 0.373 e. The van der Waals surface area contributed by atoms with E-state index >= 15 is 0 Å². The van der Waals surface area contributed by atoms with E-state index in [2.05, 4.69) is 42.6 Å². The van der Waals surface area contributed by atoms with E-state index in [1.54, 1.807) is 0 Å². The summed E-state index contributed by atoms with van der Waals surface area (Å²) >= 11 is 4.55. The van der Waals surface area contributed by atoms with Crippen LogP contribution in [0.5, 0.6) is 0 Å². The number of anilines is 2. The van der Waals surface area contributed by atoms with E-state index in [0.29, 0.717) is 10.7 Å². The summed E-state index contributed by atoms with van der Waals surface area (Å²) in [5.74, 6) is -1.15. The Morgan fingerprint density at radius 1 is 1.31 bits per heavy atom. The first-order chi connectivity index (χ1) is 7.49. The first-order valence-corrected chi connectivity index (χ1v) is 4.21. The molecule has 0 spiro atoms. The summed E-state index contributed by atoms with van der Waals surface area (Å²) in [6, 6.07) is 0. The average Bonchev–Trinajstić information content (AvgIpc) is 2.76. The van der Waals surface area contributed by atoms with E-state index in [0.717, 1.165) is 0 Å². The highest BCUT2D eigenvalue weighted by Crippen LogP contribution is 1.90. The van der Waals surface area contributed by atoms with Crippen molar-refractivity contribution in [3.8, 4) is 0 Å². The van der Waals surface area contributed by atoms with Crippen molar-refractivity contribution >= 4 is 30.1 Å². The van der Waals surface area contributed by atoms with Gasteiger partial charge in [0.2, 0.25) is 22.5 Å². The molecule has 0 saturated heterocycles. The number of hydrogen-bond acceptors (Lipinski definition) is 7. The van der Waals surface area contributed by atoms with Crippen molar-refractivity contribution in [2.24, 2.45) is 0 Å². The molecule has 0 saturated carbocycles. The number of nitrogens with one attached hydrogen (secondary N) is 3. The van der Waals surface area contributed by atoms with Gasteiger partial charge in [0.15, 0.2) is 0 Å². The van der Waals surface area contributed by atoms with Crippen molar-refractivity contribution in [2.75, 3.05) is 11.5 Å². The van der Waals surface area contributed by atoms with Crippen LogP contribution >= 0.6 is 12.2 Å². The number of carboxylic acid groups (broad SMARTS) is 1. The van der Waals surface area contributed by atoms with Gasteiger partial charge in [-0.1, -0.05) is 0 Å². The monoisotopic (exact) mass is 244 g/mol. The zero-order valence-electron chi connectivity index (χ0n) is 7.76. The van der Waals surface area contributed by atoms with Gasteiger partial charge in [0.25, 0.3) is 0 Å². The topological polar surface area (TPSA) is 175 Å². The summed E-state index contributed by atoms with van der Waals surface area (Å²) in [6.07, 6.45) is 0. The molecular weight excluding hydrogens is 236 g/mol. The zero-order chi connectivity index (χ0) is 12.1. The second-order valence-corrected chi connectivity index (χ2v) is 2.79. The minimum atomic E-state index is -1.17. The number of nitrogens with two attached hydrogens (primary N) is 2.